The molecule has 0 bridgehead atoms. The Bertz CT molecular complexity index is 901. The second kappa shape index (κ2) is 8.86. The van der Waals surface area contributed by atoms with Gasteiger partial charge in [0.05, 0.1) is 0 Å². The molecule has 0 radical (unpaired) electrons. The Labute approximate surface area is 170 Å². The van der Waals surface area contributed by atoms with Gasteiger partial charge in [-0.15, -0.1) is 0 Å². The summed E-state index contributed by atoms with van der Waals surface area (Å²) in [6.45, 7) is 7.68. The molecule has 0 atom stereocenters. The lowest BCUT2D eigenvalue weighted by atomic mass is 10.0. The number of anilines is 1. The molecule has 29 heavy (non-hydrogen) atoms. The van der Waals surface area contributed by atoms with Gasteiger partial charge in [-0.3, -0.25) is 19.4 Å². The Morgan fingerprint density at radius 1 is 0.966 bits per heavy atom. The third-order valence-electron chi connectivity index (χ3n) is 5.09. The highest BCUT2D eigenvalue weighted by Crippen LogP contribution is 2.18. The number of nitrogens with one attached hydrogen (secondary N) is 1. The van der Waals surface area contributed by atoms with E-state index in [0.717, 1.165) is 0 Å². The molecule has 1 aromatic carbocycles. The number of nitrogens with zero attached hydrogens (tertiary/aromatic N) is 3. The summed E-state index contributed by atoms with van der Waals surface area (Å²) in [6.07, 6.45) is 1.47. The van der Waals surface area contributed by atoms with Crippen molar-refractivity contribution < 1.29 is 14.4 Å². The topological polar surface area (TPSA) is 82.6 Å². The zero-order valence-corrected chi connectivity index (χ0v) is 17.0. The second-order valence-corrected chi connectivity index (χ2v) is 7.46. The molecule has 0 spiro atoms. The van der Waals surface area contributed by atoms with Gasteiger partial charge in [0.1, 0.15) is 5.69 Å². The van der Waals surface area contributed by atoms with Gasteiger partial charge in [-0.25, -0.2) is 0 Å². The minimum absolute atomic E-state index is 0.00955. The van der Waals surface area contributed by atoms with E-state index < -0.39 is 0 Å². The highest BCUT2D eigenvalue weighted by molar-refractivity contribution is 6.05. The summed E-state index contributed by atoms with van der Waals surface area (Å²) >= 11 is 0. The lowest BCUT2D eigenvalue weighted by Gasteiger charge is -2.34. The summed E-state index contributed by atoms with van der Waals surface area (Å²) in [5.74, 6) is -0.0922. The van der Waals surface area contributed by atoms with Gasteiger partial charge < -0.3 is 15.1 Å². The van der Waals surface area contributed by atoms with Crippen LogP contribution in [0.1, 0.15) is 53.1 Å². The van der Waals surface area contributed by atoms with Gasteiger partial charge in [-0.1, -0.05) is 26.0 Å². The molecule has 1 aliphatic rings. The number of pyridine rings is 1. The number of carbonyl (C=O) groups excluding carboxylic acids is 3. The number of hydrogen-bond acceptors (Lipinski definition) is 4. The van der Waals surface area contributed by atoms with E-state index in [1.165, 1.54) is 24.8 Å². The molecule has 2 aromatic rings. The fourth-order valence-electron chi connectivity index (χ4n) is 3.23. The Kier molecular flexibility index (Phi) is 6.26. The summed E-state index contributed by atoms with van der Waals surface area (Å²) in [5.41, 5.74) is 2.50. The van der Waals surface area contributed by atoms with Crippen LogP contribution in [-0.4, -0.2) is 58.7 Å². The molecule has 0 aliphatic carbocycles. The predicted molar refractivity (Wildman–Crippen MR) is 111 cm³/mol. The molecule has 1 fully saturated rings. The molecule has 1 aliphatic heterocycles. The Hall–Kier alpha value is -3.22. The molecule has 1 aromatic heterocycles. The highest BCUT2D eigenvalue weighted by atomic mass is 16.2. The van der Waals surface area contributed by atoms with Crippen LogP contribution in [0.2, 0.25) is 0 Å². The molecule has 7 nitrogen and oxygen atoms in total. The summed E-state index contributed by atoms with van der Waals surface area (Å²) < 4.78 is 0. The van der Waals surface area contributed by atoms with Gasteiger partial charge in [-0.05, 0) is 35.7 Å². The Balaban J connectivity index is 1.66. The number of aromatic nitrogens is 1. The summed E-state index contributed by atoms with van der Waals surface area (Å²) in [5, 5.41) is 2.85. The molecular weight excluding hydrogens is 368 g/mol. The van der Waals surface area contributed by atoms with E-state index in [1.54, 1.807) is 15.9 Å². The molecule has 1 N–H and O–H groups in total. The standard InChI is InChI=1S/C22H26N4O3/c1-15(2)17-4-6-19(7-5-17)24-21(28)18-8-9-23-20(14-18)22(29)26-12-10-25(11-13-26)16(3)27/h4-9,14-15H,10-13H2,1-3H3,(H,24,28). The molecule has 0 saturated carbocycles. The van der Waals surface area contributed by atoms with Crippen molar-refractivity contribution in [2.24, 2.45) is 0 Å². The van der Waals surface area contributed by atoms with Crippen molar-refractivity contribution in [3.05, 3.63) is 59.4 Å². The average Bonchev–Trinajstić information content (AvgIpc) is 2.73. The van der Waals surface area contributed by atoms with E-state index in [-0.39, 0.29) is 23.4 Å². The first-order valence-corrected chi connectivity index (χ1v) is 9.77. The molecule has 3 amide bonds. The maximum Gasteiger partial charge on any atom is 0.272 e. The number of benzene rings is 1. The van der Waals surface area contributed by atoms with Crippen molar-refractivity contribution in [2.45, 2.75) is 26.7 Å². The van der Waals surface area contributed by atoms with Crippen molar-refractivity contribution >= 4 is 23.4 Å². The normalized spacial score (nSPS) is 14.1. The SMILES string of the molecule is CC(=O)N1CCN(C(=O)c2cc(C(=O)Nc3ccc(C(C)C)cc3)ccn2)CC1. The van der Waals surface area contributed by atoms with Crippen LogP contribution in [0.3, 0.4) is 0 Å². The smallest absolute Gasteiger partial charge is 0.272 e. The summed E-state index contributed by atoms with van der Waals surface area (Å²) in [6, 6.07) is 10.8. The number of carbonyl (C=O) groups is 3. The quantitative estimate of drug-likeness (QED) is 0.864. The van der Waals surface area contributed by atoms with Crippen LogP contribution in [-0.2, 0) is 4.79 Å². The first-order chi connectivity index (χ1) is 13.8. The van der Waals surface area contributed by atoms with E-state index in [9.17, 15) is 14.4 Å². The third-order valence-corrected chi connectivity index (χ3v) is 5.09. The first kappa shape index (κ1) is 20.5. The highest BCUT2D eigenvalue weighted by Gasteiger charge is 2.24. The van der Waals surface area contributed by atoms with Crippen LogP contribution in [0.4, 0.5) is 5.69 Å². The number of amides is 3. The van der Waals surface area contributed by atoms with Gasteiger partial charge in [0, 0.05) is 50.6 Å². The minimum atomic E-state index is -0.292. The van der Waals surface area contributed by atoms with Gasteiger partial charge in [0.15, 0.2) is 0 Å². The molecule has 3 rings (SSSR count). The van der Waals surface area contributed by atoms with Gasteiger partial charge in [0.2, 0.25) is 5.91 Å². The number of hydrogen-bond donors (Lipinski definition) is 1. The van der Waals surface area contributed by atoms with Crippen LogP contribution < -0.4 is 5.32 Å². The van der Waals surface area contributed by atoms with Gasteiger partial charge in [-0.2, -0.15) is 0 Å². The zero-order valence-electron chi connectivity index (χ0n) is 17.0. The lowest BCUT2D eigenvalue weighted by molar-refractivity contribution is -0.130. The van der Waals surface area contributed by atoms with Crippen LogP contribution in [0, 0.1) is 0 Å². The third kappa shape index (κ3) is 4.99. The second-order valence-electron chi connectivity index (χ2n) is 7.46. The number of piperazine rings is 1. The molecule has 2 heterocycles. The molecular formula is C22H26N4O3. The molecule has 7 heteroatoms. The fraction of sp³-hybridized carbons (Fsp3) is 0.364. The van der Waals surface area contributed by atoms with Gasteiger partial charge >= 0.3 is 0 Å². The molecule has 152 valence electrons. The van der Waals surface area contributed by atoms with Crippen LogP contribution in [0.5, 0.6) is 0 Å². The predicted octanol–water partition coefficient (Wildman–Crippen LogP) is 2.76. The van der Waals surface area contributed by atoms with Crippen LogP contribution in [0.15, 0.2) is 42.6 Å². The average molecular weight is 394 g/mol. The lowest BCUT2D eigenvalue weighted by Crippen LogP contribution is -2.50. The Morgan fingerprint density at radius 3 is 2.17 bits per heavy atom. The molecule has 1 saturated heterocycles. The van der Waals surface area contributed by atoms with E-state index in [0.29, 0.717) is 43.3 Å². The minimum Gasteiger partial charge on any atom is -0.339 e. The van der Waals surface area contributed by atoms with E-state index in [1.807, 2.05) is 24.3 Å². The monoisotopic (exact) mass is 394 g/mol. The largest absolute Gasteiger partial charge is 0.339 e. The van der Waals surface area contributed by atoms with Crippen molar-refractivity contribution in [3.63, 3.8) is 0 Å². The number of rotatable bonds is 4. The maximum atomic E-state index is 12.7. The van der Waals surface area contributed by atoms with Crippen molar-refractivity contribution in [2.75, 3.05) is 31.5 Å². The van der Waals surface area contributed by atoms with Crippen molar-refractivity contribution in [3.8, 4) is 0 Å². The fourth-order valence-corrected chi connectivity index (χ4v) is 3.23. The summed E-state index contributed by atoms with van der Waals surface area (Å²) in [7, 11) is 0. The van der Waals surface area contributed by atoms with Crippen LogP contribution >= 0.6 is 0 Å². The van der Waals surface area contributed by atoms with Crippen molar-refractivity contribution in [1.82, 2.24) is 14.8 Å². The Morgan fingerprint density at radius 2 is 1.59 bits per heavy atom. The summed E-state index contributed by atoms with van der Waals surface area (Å²) in [4.78, 5) is 44.3. The van der Waals surface area contributed by atoms with E-state index >= 15 is 0 Å². The zero-order chi connectivity index (χ0) is 21.0. The maximum absolute atomic E-state index is 12.7. The van der Waals surface area contributed by atoms with Gasteiger partial charge in [0.25, 0.3) is 11.8 Å². The van der Waals surface area contributed by atoms with E-state index in [2.05, 4.69) is 24.1 Å². The van der Waals surface area contributed by atoms with E-state index in [4.69, 9.17) is 0 Å². The molecule has 0 unspecified atom stereocenters. The van der Waals surface area contributed by atoms with Crippen molar-refractivity contribution in [1.29, 1.82) is 0 Å². The first-order valence-electron chi connectivity index (χ1n) is 9.77. The van der Waals surface area contributed by atoms with Crippen LogP contribution in [0.25, 0.3) is 0 Å².